The Morgan fingerprint density at radius 2 is 2.31 bits per heavy atom. The molecule has 0 aliphatic rings. The highest BCUT2D eigenvalue weighted by molar-refractivity contribution is 14.1. The zero-order valence-corrected chi connectivity index (χ0v) is 9.98. The van der Waals surface area contributed by atoms with E-state index in [0.717, 1.165) is 15.4 Å². The van der Waals surface area contributed by atoms with Crippen molar-refractivity contribution in [3.05, 3.63) is 32.2 Å². The number of hydrogen-bond donors (Lipinski definition) is 0. The van der Waals surface area contributed by atoms with Gasteiger partial charge in [-0.2, -0.15) is 0 Å². The topological polar surface area (TPSA) is 17.1 Å². The molecule has 2 aromatic rings. The summed E-state index contributed by atoms with van der Waals surface area (Å²) in [6.07, 6.45) is 0.925. The van der Waals surface area contributed by atoms with Gasteiger partial charge in [0.25, 0.3) is 0 Å². The van der Waals surface area contributed by atoms with Crippen molar-refractivity contribution in [2.24, 2.45) is 0 Å². The average molecular weight is 302 g/mol. The number of hydrogen-bond acceptors (Lipinski definition) is 2. The molecule has 0 N–H and O–H groups in total. The number of thiophene rings is 1. The Morgan fingerprint density at radius 3 is 3.00 bits per heavy atom. The maximum absolute atomic E-state index is 10.7. The van der Waals surface area contributed by atoms with E-state index in [0.29, 0.717) is 0 Å². The van der Waals surface area contributed by atoms with Crippen LogP contribution < -0.4 is 0 Å². The van der Waals surface area contributed by atoms with Crippen LogP contribution in [-0.4, -0.2) is 6.29 Å². The van der Waals surface area contributed by atoms with E-state index in [9.17, 15) is 4.79 Å². The summed E-state index contributed by atoms with van der Waals surface area (Å²) in [5.41, 5.74) is 2.01. The molecule has 0 aliphatic heterocycles. The highest BCUT2D eigenvalue weighted by atomic mass is 127. The van der Waals surface area contributed by atoms with Crippen LogP contribution in [0.4, 0.5) is 0 Å². The van der Waals surface area contributed by atoms with Gasteiger partial charge < -0.3 is 0 Å². The summed E-state index contributed by atoms with van der Waals surface area (Å²) >= 11 is 3.90. The number of benzene rings is 1. The minimum Gasteiger partial charge on any atom is -0.298 e. The molecule has 1 nitrogen and oxygen atoms in total. The van der Waals surface area contributed by atoms with Crippen LogP contribution in [0, 0.1) is 10.5 Å². The molecule has 0 saturated carbocycles. The van der Waals surface area contributed by atoms with Crippen LogP contribution in [0.1, 0.15) is 15.9 Å². The molecule has 1 aromatic carbocycles. The normalized spacial score (nSPS) is 10.6. The van der Waals surface area contributed by atoms with E-state index in [1.807, 2.05) is 6.07 Å². The van der Waals surface area contributed by atoms with Crippen LogP contribution in [0.5, 0.6) is 0 Å². The largest absolute Gasteiger partial charge is 0.298 e. The zero-order valence-electron chi connectivity index (χ0n) is 7.00. The summed E-state index contributed by atoms with van der Waals surface area (Å²) in [7, 11) is 0. The van der Waals surface area contributed by atoms with Gasteiger partial charge in [-0.1, -0.05) is 0 Å². The van der Waals surface area contributed by atoms with Crippen molar-refractivity contribution < 1.29 is 4.79 Å². The maximum atomic E-state index is 10.7. The van der Waals surface area contributed by atoms with Crippen molar-refractivity contribution in [1.29, 1.82) is 0 Å². The number of aldehydes is 1. The van der Waals surface area contributed by atoms with Crippen molar-refractivity contribution >= 4 is 50.3 Å². The number of rotatable bonds is 1. The van der Waals surface area contributed by atoms with E-state index < -0.39 is 0 Å². The highest BCUT2D eigenvalue weighted by Crippen LogP contribution is 2.29. The van der Waals surface area contributed by atoms with E-state index in [4.69, 9.17) is 0 Å². The van der Waals surface area contributed by atoms with Gasteiger partial charge in [0.1, 0.15) is 0 Å². The molecule has 1 heterocycles. The lowest BCUT2D eigenvalue weighted by molar-refractivity contribution is 0.112. The SMILES string of the molecule is Cc1c(I)c(C=O)cc2sccc12. The van der Waals surface area contributed by atoms with Crippen LogP contribution in [0.15, 0.2) is 17.5 Å². The molecule has 0 unspecified atom stereocenters. The molecule has 0 saturated heterocycles. The summed E-state index contributed by atoms with van der Waals surface area (Å²) in [5.74, 6) is 0. The molecule has 0 amide bonds. The molecule has 2 rings (SSSR count). The second-order valence-corrected chi connectivity index (χ2v) is 4.88. The summed E-state index contributed by atoms with van der Waals surface area (Å²) in [5, 5.41) is 3.32. The Balaban J connectivity index is 2.91. The van der Waals surface area contributed by atoms with Crippen LogP contribution >= 0.6 is 33.9 Å². The van der Waals surface area contributed by atoms with Gasteiger partial charge in [-0.3, -0.25) is 4.79 Å². The number of halogens is 1. The Bertz CT molecular complexity index is 473. The van der Waals surface area contributed by atoms with Crippen molar-refractivity contribution in [2.75, 3.05) is 0 Å². The van der Waals surface area contributed by atoms with Crippen LogP contribution in [0.25, 0.3) is 10.1 Å². The van der Waals surface area contributed by atoms with Crippen molar-refractivity contribution in [3.8, 4) is 0 Å². The second-order valence-electron chi connectivity index (χ2n) is 2.86. The molecule has 66 valence electrons. The van der Waals surface area contributed by atoms with Gasteiger partial charge in [-0.15, -0.1) is 11.3 Å². The Morgan fingerprint density at radius 1 is 1.54 bits per heavy atom. The van der Waals surface area contributed by atoms with Crippen molar-refractivity contribution in [3.63, 3.8) is 0 Å². The van der Waals surface area contributed by atoms with Gasteiger partial charge in [0.15, 0.2) is 6.29 Å². The number of fused-ring (bicyclic) bond motifs is 1. The number of aryl methyl sites for hydroxylation is 1. The first-order chi connectivity index (χ1) is 6.24. The fraction of sp³-hybridized carbons (Fsp3) is 0.100. The molecule has 0 spiro atoms. The third-order valence-electron chi connectivity index (χ3n) is 2.10. The first kappa shape index (κ1) is 9.15. The first-order valence-electron chi connectivity index (χ1n) is 3.85. The van der Waals surface area contributed by atoms with E-state index in [1.54, 1.807) is 11.3 Å². The minimum atomic E-state index is 0.799. The van der Waals surface area contributed by atoms with E-state index in [2.05, 4.69) is 41.0 Å². The second kappa shape index (κ2) is 3.38. The van der Waals surface area contributed by atoms with Crippen LogP contribution in [0.3, 0.4) is 0 Å². The zero-order chi connectivity index (χ0) is 9.42. The molecular weight excluding hydrogens is 295 g/mol. The first-order valence-corrected chi connectivity index (χ1v) is 5.81. The predicted molar refractivity (Wildman–Crippen MR) is 64.7 cm³/mol. The summed E-state index contributed by atoms with van der Waals surface area (Å²) in [6.45, 7) is 2.06. The Labute approximate surface area is 93.9 Å². The fourth-order valence-electron chi connectivity index (χ4n) is 1.37. The van der Waals surface area contributed by atoms with Gasteiger partial charge in [0, 0.05) is 13.8 Å². The molecular formula is C10H7IOS. The third kappa shape index (κ3) is 1.40. The van der Waals surface area contributed by atoms with E-state index in [1.165, 1.54) is 15.6 Å². The van der Waals surface area contributed by atoms with Crippen LogP contribution in [-0.2, 0) is 0 Å². The molecule has 0 bridgehead atoms. The van der Waals surface area contributed by atoms with Gasteiger partial charge in [-0.05, 0) is 58.0 Å². The number of carbonyl (C=O) groups excluding carboxylic acids is 1. The monoisotopic (exact) mass is 302 g/mol. The van der Waals surface area contributed by atoms with Gasteiger partial charge in [0.05, 0.1) is 0 Å². The van der Waals surface area contributed by atoms with Gasteiger partial charge in [0.2, 0.25) is 0 Å². The fourth-order valence-corrected chi connectivity index (χ4v) is 2.83. The van der Waals surface area contributed by atoms with E-state index >= 15 is 0 Å². The molecule has 13 heavy (non-hydrogen) atoms. The third-order valence-corrected chi connectivity index (χ3v) is 4.39. The quantitative estimate of drug-likeness (QED) is 0.581. The van der Waals surface area contributed by atoms with Gasteiger partial charge >= 0.3 is 0 Å². The lowest BCUT2D eigenvalue weighted by atomic mass is 10.1. The molecule has 0 aliphatic carbocycles. The van der Waals surface area contributed by atoms with Crippen molar-refractivity contribution in [2.45, 2.75) is 6.92 Å². The molecule has 0 fully saturated rings. The molecule has 1 aromatic heterocycles. The predicted octanol–water partition coefficient (Wildman–Crippen LogP) is 3.63. The molecule has 3 heteroatoms. The smallest absolute Gasteiger partial charge is 0.151 e. The summed E-state index contributed by atoms with van der Waals surface area (Å²) in [6, 6.07) is 4.06. The van der Waals surface area contributed by atoms with Gasteiger partial charge in [-0.25, -0.2) is 0 Å². The molecule has 0 radical (unpaired) electrons. The summed E-state index contributed by atoms with van der Waals surface area (Å²) in [4.78, 5) is 10.7. The standard InChI is InChI=1S/C10H7IOS/c1-6-8-2-3-13-9(8)4-7(5-12)10(6)11/h2-5H,1H3. The summed E-state index contributed by atoms with van der Waals surface area (Å²) < 4.78 is 2.26. The Hall–Kier alpha value is -0.420. The maximum Gasteiger partial charge on any atom is 0.151 e. The highest BCUT2D eigenvalue weighted by Gasteiger charge is 2.07. The lowest BCUT2D eigenvalue weighted by Crippen LogP contribution is -1.89. The Kier molecular flexibility index (Phi) is 2.38. The van der Waals surface area contributed by atoms with Crippen LogP contribution in [0.2, 0.25) is 0 Å². The average Bonchev–Trinajstić information content (AvgIpc) is 2.59. The minimum absolute atomic E-state index is 0.799. The van der Waals surface area contributed by atoms with Crippen molar-refractivity contribution in [1.82, 2.24) is 0 Å². The molecule has 0 atom stereocenters. The van der Waals surface area contributed by atoms with E-state index in [-0.39, 0.29) is 0 Å². The number of carbonyl (C=O) groups is 1. The lowest BCUT2D eigenvalue weighted by Gasteiger charge is -2.02.